The number of carbonyl (C=O) groups is 1. The van der Waals surface area contributed by atoms with E-state index in [1.807, 2.05) is 13.8 Å². The van der Waals surface area contributed by atoms with E-state index in [-0.39, 0.29) is 30.9 Å². The minimum absolute atomic E-state index is 0.00640. The molecule has 0 bridgehead atoms. The molecule has 5 heteroatoms. The largest absolute Gasteiger partial charge is 0.395 e. The van der Waals surface area contributed by atoms with Crippen molar-refractivity contribution >= 4 is 11.6 Å². The number of carbonyl (C=O) groups excluding carboxylic acids is 1. The number of halogens is 1. The summed E-state index contributed by atoms with van der Waals surface area (Å²) in [5, 5.41) is 9.05. The molecule has 1 rings (SSSR count). The normalized spacial score (nSPS) is 12.5. The van der Waals surface area contributed by atoms with Crippen molar-refractivity contribution in [3.63, 3.8) is 0 Å². The van der Waals surface area contributed by atoms with Gasteiger partial charge in [-0.25, -0.2) is 4.39 Å². The first-order valence-corrected chi connectivity index (χ1v) is 6.36. The van der Waals surface area contributed by atoms with E-state index in [0.717, 1.165) is 0 Å². The molecule has 0 aliphatic rings. The predicted molar refractivity (Wildman–Crippen MR) is 73.6 cm³/mol. The number of amides is 1. The van der Waals surface area contributed by atoms with Gasteiger partial charge in [0.05, 0.1) is 13.2 Å². The number of nitrogens with zero attached hydrogens (tertiary/aromatic N) is 2. The van der Waals surface area contributed by atoms with Crippen LogP contribution in [0.25, 0.3) is 0 Å². The van der Waals surface area contributed by atoms with Crippen LogP contribution in [0.1, 0.15) is 13.8 Å². The molecule has 0 radical (unpaired) electrons. The molecule has 0 saturated heterocycles. The molecule has 106 valence electrons. The van der Waals surface area contributed by atoms with Crippen LogP contribution in [-0.4, -0.2) is 48.7 Å². The second kappa shape index (κ2) is 7.21. The summed E-state index contributed by atoms with van der Waals surface area (Å²) in [7, 11) is 1.79. The van der Waals surface area contributed by atoms with Gasteiger partial charge in [-0.1, -0.05) is 0 Å². The molecular formula is C14H21FN2O2. The molecule has 1 aromatic rings. The average Bonchev–Trinajstić information content (AvgIpc) is 2.40. The molecule has 1 aromatic carbocycles. The molecule has 0 aliphatic heterocycles. The Kier molecular flexibility index (Phi) is 5.92. The maximum atomic E-state index is 12.9. The van der Waals surface area contributed by atoms with Gasteiger partial charge in [0.1, 0.15) is 5.82 Å². The number of likely N-dealkylation sites (N-methyl/N-ethyl adjacent to an activating group) is 2. The minimum Gasteiger partial charge on any atom is -0.395 e. The van der Waals surface area contributed by atoms with E-state index in [9.17, 15) is 9.18 Å². The molecule has 0 saturated carbocycles. The van der Waals surface area contributed by atoms with Gasteiger partial charge in [-0.15, -0.1) is 0 Å². The Labute approximate surface area is 113 Å². The summed E-state index contributed by atoms with van der Waals surface area (Å²) in [5.74, 6) is -0.393. The van der Waals surface area contributed by atoms with Gasteiger partial charge in [0.2, 0.25) is 5.91 Å². The van der Waals surface area contributed by atoms with Gasteiger partial charge < -0.3 is 10.0 Å². The van der Waals surface area contributed by atoms with E-state index >= 15 is 0 Å². The molecule has 19 heavy (non-hydrogen) atoms. The Bertz CT molecular complexity index is 408. The monoisotopic (exact) mass is 268 g/mol. The summed E-state index contributed by atoms with van der Waals surface area (Å²) in [5.41, 5.74) is 0.680. The third kappa shape index (κ3) is 4.29. The lowest BCUT2D eigenvalue weighted by Crippen LogP contribution is -2.43. The average molecular weight is 268 g/mol. The number of anilines is 1. The predicted octanol–water partition coefficient (Wildman–Crippen LogP) is 1.49. The van der Waals surface area contributed by atoms with Crippen molar-refractivity contribution in [3.8, 4) is 0 Å². The van der Waals surface area contributed by atoms with E-state index in [1.165, 1.54) is 12.1 Å². The van der Waals surface area contributed by atoms with Gasteiger partial charge in [0.25, 0.3) is 0 Å². The number of hydrogen-bond donors (Lipinski definition) is 1. The van der Waals surface area contributed by atoms with Crippen LogP contribution in [-0.2, 0) is 4.79 Å². The first kappa shape index (κ1) is 15.6. The molecule has 0 fully saturated rings. The topological polar surface area (TPSA) is 43.8 Å². The van der Waals surface area contributed by atoms with E-state index in [1.54, 1.807) is 29.0 Å². The fourth-order valence-electron chi connectivity index (χ4n) is 1.72. The highest BCUT2D eigenvalue weighted by atomic mass is 19.1. The second-order valence-corrected chi connectivity index (χ2v) is 4.56. The summed E-state index contributed by atoms with van der Waals surface area (Å²) >= 11 is 0. The standard InChI is InChI=1S/C14H21FN2O2/c1-4-17(13-7-5-12(15)6-8-13)14(19)9-16(3)11(2)10-18/h5-8,11,18H,4,9-10H2,1-3H3. The highest BCUT2D eigenvalue weighted by Crippen LogP contribution is 2.15. The molecular weight excluding hydrogens is 247 g/mol. The van der Waals surface area contributed by atoms with Gasteiger partial charge in [-0.3, -0.25) is 9.69 Å². The van der Waals surface area contributed by atoms with Crippen molar-refractivity contribution in [2.75, 3.05) is 31.6 Å². The van der Waals surface area contributed by atoms with Crippen LogP contribution in [0.5, 0.6) is 0 Å². The Morgan fingerprint density at radius 1 is 1.37 bits per heavy atom. The number of hydrogen-bond acceptors (Lipinski definition) is 3. The van der Waals surface area contributed by atoms with Crippen LogP contribution in [0.15, 0.2) is 24.3 Å². The lowest BCUT2D eigenvalue weighted by atomic mass is 10.2. The van der Waals surface area contributed by atoms with Crippen molar-refractivity contribution in [1.29, 1.82) is 0 Å². The van der Waals surface area contributed by atoms with Gasteiger partial charge in [-0.05, 0) is 45.2 Å². The lowest BCUT2D eigenvalue weighted by molar-refractivity contribution is -0.120. The van der Waals surface area contributed by atoms with Gasteiger partial charge >= 0.3 is 0 Å². The van der Waals surface area contributed by atoms with Gasteiger partial charge in [0.15, 0.2) is 0 Å². The van der Waals surface area contributed by atoms with Crippen LogP contribution in [0.4, 0.5) is 10.1 Å². The smallest absolute Gasteiger partial charge is 0.241 e. The molecule has 0 spiro atoms. The molecule has 1 atom stereocenters. The molecule has 1 amide bonds. The van der Waals surface area contributed by atoms with Crippen LogP contribution < -0.4 is 4.90 Å². The summed E-state index contributed by atoms with van der Waals surface area (Å²) in [4.78, 5) is 15.6. The third-order valence-corrected chi connectivity index (χ3v) is 3.16. The first-order chi connectivity index (χ1) is 8.99. The Morgan fingerprint density at radius 2 is 1.95 bits per heavy atom. The highest BCUT2D eigenvalue weighted by molar-refractivity contribution is 5.94. The van der Waals surface area contributed by atoms with E-state index < -0.39 is 0 Å². The zero-order chi connectivity index (χ0) is 14.4. The van der Waals surface area contributed by atoms with Crippen molar-refractivity contribution in [2.24, 2.45) is 0 Å². The SMILES string of the molecule is CCN(C(=O)CN(C)C(C)CO)c1ccc(F)cc1. The molecule has 4 nitrogen and oxygen atoms in total. The third-order valence-electron chi connectivity index (χ3n) is 3.16. The van der Waals surface area contributed by atoms with Gasteiger partial charge in [0, 0.05) is 18.3 Å². The lowest BCUT2D eigenvalue weighted by Gasteiger charge is -2.27. The van der Waals surface area contributed by atoms with E-state index in [0.29, 0.717) is 12.2 Å². The molecule has 1 N–H and O–H groups in total. The van der Waals surface area contributed by atoms with Crippen LogP contribution in [0.3, 0.4) is 0 Å². The van der Waals surface area contributed by atoms with Crippen molar-refractivity contribution in [3.05, 3.63) is 30.1 Å². The van der Waals surface area contributed by atoms with Crippen molar-refractivity contribution < 1.29 is 14.3 Å². The van der Waals surface area contributed by atoms with Crippen molar-refractivity contribution in [1.82, 2.24) is 4.90 Å². The Balaban J connectivity index is 2.74. The highest BCUT2D eigenvalue weighted by Gasteiger charge is 2.18. The number of aliphatic hydroxyl groups is 1. The van der Waals surface area contributed by atoms with Crippen LogP contribution in [0, 0.1) is 5.82 Å². The molecule has 1 unspecified atom stereocenters. The maximum Gasteiger partial charge on any atom is 0.241 e. The second-order valence-electron chi connectivity index (χ2n) is 4.56. The Morgan fingerprint density at radius 3 is 2.42 bits per heavy atom. The summed E-state index contributed by atoms with van der Waals surface area (Å²) in [6.45, 7) is 4.46. The first-order valence-electron chi connectivity index (χ1n) is 6.36. The zero-order valence-corrected chi connectivity index (χ0v) is 11.6. The van der Waals surface area contributed by atoms with Crippen molar-refractivity contribution in [2.45, 2.75) is 19.9 Å². The molecule has 0 heterocycles. The van der Waals surface area contributed by atoms with Gasteiger partial charge in [-0.2, -0.15) is 0 Å². The fourth-order valence-corrected chi connectivity index (χ4v) is 1.72. The molecule has 0 aromatic heterocycles. The van der Waals surface area contributed by atoms with Crippen LogP contribution in [0.2, 0.25) is 0 Å². The van der Waals surface area contributed by atoms with E-state index in [4.69, 9.17) is 5.11 Å². The summed E-state index contributed by atoms with van der Waals surface area (Å²) < 4.78 is 12.9. The van der Waals surface area contributed by atoms with Crippen LogP contribution >= 0.6 is 0 Å². The maximum absolute atomic E-state index is 12.9. The summed E-state index contributed by atoms with van der Waals surface area (Å²) in [6, 6.07) is 5.78. The van der Waals surface area contributed by atoms with E-state index in [2.05, 4.69) is 0 Å². The zero-order valence-electron chi connectivity index (χ0n) is 11.6. The molecule has 0 aliphatic carbocycles. The number of aliphatic hydroxyl groups excluding tert-OH is 1. The Hall–Kier alpha value is -1.46. The fraction of sp³-hybridized carbons (Fsp3) is 0.500. The minimum atomic E-state index is -0.321. The number of benzene rings is 1. The quantitative estimate of drug-likeness (QED) is 0.850. The number of rotatable bonds is 6. The summed E-state index contributed by atoms with van der Waals surface area (Å²) in [6.07, 6.45) is 0.